The number of halogens is 2. The van der Waals surface area contributed by atoms with E-state index in [2.05, 4.69) is 15.3 Å². The Morgan fingerprint density at radius 3 is 2.58 bits per heavy atom. The van der Waals surface area contributed by atoms with Gasteiger partial charge in [0.15, 0.2) is 28.2 Å². The van der Waals surface area contributed by atoms with Gasteiger partial charge in [0, 0.05) is 56.7 Å². The molecular formula is C41H41F2N5O6S. The highest BCUT2D eigenvalue weighted by molar-refractivity contribution is 7.21. The van der Waals surface area contributed by atoms with Crippen LogP contribution in [0.3, 0.4) is 0 Å². The van der Waals surface area contributed by atoms with Crippen LogP contribution >= 0.6 is 11.3 Å². The molecule has 55 heavy (non-hydrogen) atoms. The van der Waals surface area contributed by atoms with E-state index in [-0.39, 0.29) is 17.0 Å². The molecule has 7 rings (SSSR count). The van der Waals surface area contributed by atoms with Crippen LogP contribution in [0.15, 0.2) is 77.7 Å². The zero-order valence-electron chi connectivity index (χ0n) is 30.8. The van der Waals surface area contributed by atoms with Crippen molar-refractivity contribution in [2.24, 2.45) is 5.92 Å². The van der Waals surface area contributed by atoms with E-state index in [0.717, 1.165) is 51.4 Å². The Bertz CT molecular complexity index is 2370. The quantitative estimate of drug-likeness (QED) is 0.115. The molecule has 0 aliphatic carbocycles. The van der Waals surface area contributed by atoms with Crippen molar-refractivity contribution in [2.45, 2.75) is 38.5 Å². The first-order chi connectivity index (χ1) is 26.7. The summed E-state index contributed by atoms with van der Waals surface area (Å²) in [6, 6.07) is 15.9. The fourth-order valence-corrected chi connectivity index (χ4v) is 7.59. The van der Waals surface area contributed by atoms with E-state index < -0.39 is 23.1 Å². The Balaban J connectivity index is 1.06. The second kappa shape index (κ2) is 16.8. The summed E-state index contributed by atoms with van der Waals surface area (Å²) in [6.45, 7) is 2.25. The number of thiazole rings is 1. The average Bonchev–Trinajstić information content (AvgIpc) is 3.43. The number of ether oxygens (including phenoxy) is 4. The van der Waals surface area contributed by atoms with Gasteiger partial charge in [0.2, 0.25) is 0 Å². The van der Waals surface area contributed by atoms with E-state index in [9.17, 15) is 14.0 Å². The molecule has 14 heteroatoms. The van der Waals surface area contributed by atoms with Gasteiger partial charge in [-0.2, -0.15) is 0 Å². The Labute approximate surface area is 320 Å². The van der Waals surface area contributed by atoms with E-state index in [1.807, 2.05) is 14.1 Å². The molecule has 1 atom stereocenters. The second-order valence-corrected chi connectivity index (χ2v) is 14.5. The Kier molecular flexibility index (Phi) is 11.5. The van der Waals surface area contributed by atoms with E-state index in [4.69, 9.17) is 18.9 Å². The minimum absolute atomic E-state index is 0.0937. The van der Waals surface area contributed by atoms with Crippen LogP contribution in [0, 0.1) is 17.6 Å². The molecule has 1 fully saturated rings. The fourth-order valence-electron chi connectivity index (χ4n) is 6.60. The molecule has 1 saturated heterocycles. The maximum absolute atomic E-state index is 15.6. The molecule has 1 amide bonds. The molecule has 0 saturated carbocycles. The van der Waals surface area contributed by atoms with E-state index in [0.29, 0.717) is 61.8 Å². The van der Waals surface area contributed by atoms with Crippen LogP contribution in [0.1, 0.15) is 48.9 Å². The van der Waals surface area contributed by atoms with Crippen LogP contribution in [0.4, 0.5) is 19.6 Å². The van der Waals surface area contributed by atoms with Crippen molar-refractivity contribution >= 4 is 49.3 Å². The smallest absolute Gasteiger partial charge is 0.269 e. The number of pyridine rings is 2. The van der Waals surface area contributed by atoms with Gasteiger partial charge in [-0.1, -0.05) is 17.8 Å². The number of rotatable bonds is 13. The van der Waals surface area contributed by atoms with Gasteiger partial charge in [0.25, 0.3) is 11.5 Å². The first kappa shape index (κ1) is 37.7. The van der Waals surface area contributed by atoms with Crippen LogP contribution < -0.4 is 30.0 Å². The van der Waals surface area contributed by atoms with Crippen molar-refractivity contribution in [3.8, 4) is 28.7 Å². The third-order valence-electron chi connectivity index (χ3n) is 9.49. The number of hydrogen-bond donors (Lipinski definition) is 1. The molecule has 1 unspecified atom stereocenters. The number of benzene rings is 3. The van der Waals surface area contributed by atoms with Crippen LogP contribution in [0.2, 0.25) is 0 Å². The first-order valence-corrected chi connectivity index (χ1v) is 19.0. The highest BCUT2D eigenvalue weighted by atomic mass is 32.1. The number of carbonyl (C=O) groups excluding carboxylic acids is 1. The highest BCUT2D eigenvalue weighted by Gasteiger charge is 2.22. The molecule has 6 aromatic rings. The molecule has 3 aromatic heterocycles. The van der Waals surface area contributed by atoms with Gasteiger partial charge in [-0.3, -0.25) is 19.1 Å². The monoisotopic (exact) mass is 769 g/mol. The lowest BCUT2D eigenvalue weighted by atomic mass is 9.95. The lowest BCUT2D eigenvalue weighted by Gasteiger charge is -2.15. The number of fused-ring (bicyclic) bond motifs is 2. The normalized spacial score (nSPS) is 14.5. The SMILES string of the molecule is COc1cc2c(Oc3ccc(NC(=O)c4cc5nc(N(C)C)sc5n(-c5ccc(F)cc5)c4=O)cc3F)ccnc2cc1OCCCCC1CCCOCC1. The molecular weight excluding hydrogens is 729 g/mol. The molecule has 1 aliphatic rings. The van der Waals surface area contributed by atoms with E-state index in [1.54, 1.807) is 36.4 Å². The third kappa shape index (κ3) is 8.55. The number of methoxy groups -OCH3 is 1. The number of unbranched alkanes of at least 4 members (excludes halogenated alkanes) is 1. The largest absolute Gasteiger partial charge is 0.493 e. The molecule has 0 bridgehead atoms. The minimum Gasteiger partial charge on any atom is -0.493 e. The molecule has 11 nitrogen and oxygen atoms in total. The second-order valence-electron chi connectivity index (χ2n) is 13.5. The van der Waals surface area contributed by atoms with Crippen molar-refractivity contribution in [1.29, 1.82) is 0 Å². The predicted octanol–water partition coefficient (Wildman–Crippen LogP) is 8.76. The molecule has 1 N–H and O–H groups in total. The first-order valence-electron chi connectivity index (χ1n) is 18.1. The van der Waals surface area contributed by atoms with Crippen LogP contribution in [-0.2, 0) is 4.74 Å². The van der Waals surface area contributed by atoms with Gasteiger partial charge in [-0.05, 0) is 92.6 Å². The van der Waals surface area contributed by atoms with Gasteiger partial charge >= 0.3 is 0 Å². The van der Waals surface area contributed by atoms with E-state index >= 15 is 4.39 Å². The van der Waals surface area contributed by atoms with Crippen molar-refractivity contribution < 1.29 is 32.5 Å². The summed E-state index contributed by atoms with van der Waals surface area (Å²) in [6.07, 6.45) is 8.17. The molecule has 286 valence electrons. The summed E-state index contributed by atoms with van der Waals surface area (Å²) >= 11 is 1.25. The van der Waals surface area contributed by atoms with Crippen molar-refractivity contribution in [2.75, 3.05) is 51.2 Å². The number of amides is 1. The molecule has 3 aromatic carbocycles. The van der Waals surface area contributed by atoms with E-state index in [1.165, 1.54) is 64.8 Å². The van der Waals surface area contributed by atoms with Crippen molar-refractivity contribution in [3.05, 3.63) is 100 Å². The Morgan fingerprint density at radius 2 is 1.80 bits per heavy atom. The van der Waals surface area contributed by atoms with Crippen LogP contribution in [0.25, 0.3) is 26.9 Å². The topological polar surface area (TPSA) is 117 Å². The van der Waals surface area contributed by atoms with Gasteiger partial charge in [-0.15, -0.1) is 0 Å². The zero-order valence-corrected chi connectivity index (χ0v) is 31.6. The Hall–Kier alpha value is -5.60. The number of anilines is 2. The summed E-state index contributed by atoms with van der Waals surface area (Å²) in [7, 11) is 5.18. The number of nitrogens with zero attached hydrogens (tertiary/aromatic N) is 4. The van der Waals surface area contributed by atoms with Crippen molar-refractivity contribution in [1.82, 2.24) is 14.5 Å². The molecule has 0 radical (unpaired) electrons. The van der Waals surface area contributed by atoms with Gasteiger partial charge in [0.1, 0.15) is 27.5 Å². The highest BCUT2D eigenvalue weighted by Crippen LogP contribution is 2.38. The van der Waals surface area contributed by atoms with Crippen molar-refractivity contribution in [3.63, 3.8) is 0 Å². The molecule has 1 aliphatic heterocycles. The third-order valence-corrected chi connectivity index (χ3v) is 10.7. The molecule has 0 spiro atoms. The van der Waals surface area contributed by atoms with Gasteiger partial charge in [-0.25, -0.2) is 13.8 Å². The maximum Gasteiger partial charge on any atom is 0.269 e. The van der Waals surface area contributed by atoms with Crippen LogP contribution in [-0.4, -0.2) is 61.5 Å². The zero-order chi connectivity index (χ0) is 38.5. The fraction of sp³-hybridized carbons (Fsp3) is 0.317. The summed E-state index contributed by atoms with van der Waals surface area (Å²) in [5.74, 6) is 0.0229. The minimum atomic E-state index is -0.768. The standard InChI is InChI=1S/C41H41F2N5O6S/c1-47(2)41-46-33-22-30(39(50)48(40(33)55-41)28-12-9-26(42)10-13-28)38(49)45-27-11-14-35(31(43)21-27)54-34-15-17-44-32-24-37(36(51-3)23-29(32)34)53-19-5-4-7-25-8-6-18-52-20-16-25/h9-15,17,21-25H,4-8,16,18-20H2,1-3H3,(H,45,49). The summed E-state index contributed by atoms with van der Waals surface area (Å²) < 4.78 is 54.0. The van der Waals surface area contributed by atoms with Gasteiger partial charge < -0.3 is 29.2 Å². The number of carbonyl (C=O) groups is 1. The summed E-state index contributed by atoms with van der Waals surface area (Å²) in [5.41, 5.74) is 0.580. The molecule has 4 heterocycles. The number of aromatic nitrogens is 3. The summed E-state index contributed by atoms with van der Waals surface area (Å²) in [4.78, 5) is 38.6. The number of hydrogen-bond acceptors (Lipinski definition) is 10. The predicted molar refractivity (Wildman–Crippen MR) is 210 cm³/mol. The Morgan fingerprint density at radius 1 is 0.964 bits per heavy atom. The van der Waals surface area contributed by atoms with Gasteiger partial charge in [0.05, 0.1) is 24.9 Å². The summed E-state index contributed by atoms with van der Waals surface area (Å²) in [5, 5.41) is 3.82. The lowest BCUT2D eigenvalue weighted by molar-refractivity contribution is 0.102. The van der Waals surface area contributed by atoms with Crippen LogP contribution in [0.5, 0.6) is 23.0 Å². The lowest BCUT2D eigenvalue weighted by Crippen LogP contribution is -2.28. The average molecular weight is 770 g/mol. The maximum atomic E-state index is 15.6. The number of nitrogens with one attached hydrogen (secondary N) is 1.